The number of aryl methyl sites for hydroxylation is 1. The summed E-state index contributed by atoms with van der Waals surface area (Å²) < 4.78 is 41.5. The number of hydrogen-bond donors (Lipinski definition) is 2. The number of benzene rings is 2. The molecule has 6 nitrogen and oxygen atoms in total. The van der Waals surface area contributed by atoms with E-state index in [4.69, 9.17) is 0 Å². The highest BCUT2D eigenvalue weighted by molar-refractivity contribution is 7.89. The molecule has 2 aromatic carbocycles. The van der Waals surface area contributed by atoms with Gasteiger partial charge in [-0.1, -0.05) is 35.9 Å². The van der Waals surface area contributed by atoms with Crippen LogP contribution in [0.3, 0.4) is 0 Å². The number of rotatable bonds is 8. The zero-order valence-electron chi connectivity index (χ0n) is 18.0. The van der Waals surface area contributed by atoms with Crippen LogP contribution in [0.4, 0.5) is 4.39 Å². The first-order chi connectivity index (χ1) is 14.8. The maximum Gasteiger partial charge on any atom is 0.240 e. The number of hydrogen-bond acceptors (Lipinski definition) is 4. The van der Waals surface area contributed by atoms with Gasteiger partial charge in [0.2, 0.25) is 15.9 Å². The molecule has 3 rings (SSSR count). The van der Waals surface area contributed by atoms with E-state index in [0.717, 1.165) is 24.9 Å². The maximum atomic E-state index is 13.8. The number of nitrogens with one attached hydrogen (secondary N) is 2. The van der Waals surface area contributed by atoms with Crippen LogP contribution in [0.1, 0.15) is 30.9 Å². The summed E-state index contributed by atoms with van der Waals surface area (Å²) in [7, 11) is -3.56. The molecule has 0 saturated carbocycles. The molecule has 0 radical (unpaired) electrons. The summed E-state index contributed by atoms with van der Waals surface area (Å²) in [5, 5.41) is 2.80. The quantitative estimate of drug-likeness (QED) is 0.652. The highest BCUT2D eigenvalue weighted by Crippen LogP contribution is 2.19. The highest BCUT2D eigenvalue weighted by atomic mass is 32.2. The van der Waals surface area contributed by atoms with Gasteiger partial charge >= 0.3 is 0 Å². The fraction of sp³-hybridized carbons (Fsp3) is 0.435. The number of sulfonamides is 1. The second-order valence-corrected chi connectivity index (χ2v) is 9.92. The fourth-order valence-corrected chi connectivity index (χ4v) is 4.90. The second kappa shape index (κ2) is 10.3. The standard InChI is InChI=1S/C23H30FN3O3S/c1-17-9-11-21(12-10-17)31(29,30)26-14-19-6-5-13-27(16-19)18(2)23(28)25-15-20-7-3-4-8-22(20)24/h3-4,7-12,18-19,26H,5-6,13-16H2,1-2H3,(H,25,28). The summed E-state index contributed by atoms with van der Waals surface area (Å²) in [4.78, 5) is 14.9. The molecule has 0 bridgehead atoms. The van der Waals surface area contributed by atoms with Crippen molar-refractivity contribution in [3.63, 3.8) is 0 Å². The van der Waals surface area contributed by atoms with Crippen molar-refractivity contribution in [1.29, 1.82) is 0 Å². The lowest BCUT2D eigenvalue weighted by Crippen LogP contribution is -2.50. The third kappa shape index (κ3) is 6.35. The van der Waals surface area contributed by atoms with Crippen LogP contribution < -0.4 is 10.0 Å². The fourth-order valence-electron chi connectivity index (χ4n) is 3.78. The van der Waals surface area contributed by atoms with E-state index < -0.39 is 10.0 Å². The molecule has 2 N–H and O–H groups in total. The van der Waals surface area contributed by atoms with Gasteiger partial charge in [0.1, 0.15) is 5.82 Å². The summed E-state index contributed by atoms with van der Waals surface area (Å²) in [5.41, 5.74) is 1.45. The molecule has 1 aliphatic rings. The minimum Gasteiger partial charge on any atom is -0.351 e. The molecule has 0 aromatic heterocycles. The zero-order valence-corrected chi connectivity index (χ0v) is 18.8. The van der Waals surface area contributed by atoms with Gasteiger partial charge in [0, 0.05) is 25.2 Å². The van der Waals surface area contributed by atoms with Crippen LogP contribution in [0.5, 0.6) is 0 Å². The van der Waals surface area contributed by atoms with Crippen molar-refractivity contribution >= 4 is 15.9 Å². The molecule has 1 amide bonds. The van der Waals surface area contributed by atoms with Crippen molar-refractivity contribution in [1.82, 2.24) is 14.9 Å². The minimum atomic E-state index is -3.56. The Morgan fingerprint density at radius 3 is 2.61 bits per heavy atom. The number of carbonyl (C=O) groups excluding carboxylic acids is 1. The molecular formula is C23H30FN3O3S. The van der Waals surface area contributed by atoms with Crippen LogP contribution in [0.15, 0.2) is 53.4 Å². The van der Waals surface area contributed by atoms with Gasteiger partial charge < -0.3 is 5.32 Å². The van der Waals surface area contributed by atoms with Crippen molar-refractivity contribution in [3.05, 3.63) is 65.5 Å². The number of nitrogens with zero attached hydrogens (tertiary/aromatic N) is 1. The first kappa shape index (κ1) is 23.4. The highest BCUT2D eigenvalue weighted by Gasteiger charge is 2.28. The smallest absolute Gasteiger partial charge is 0.240 e. The molecule has 1 fully saturated rings. The largest absolute Gasteiger partial charge is 0.351 e. The Balaban J connectivity index is 1.51. The number of halogens is 1. The van der Waals surface area contributed by atoms with Gasteiger partial charge in [-0.15, -0.1) is 0 Å². The van der Waals surface area contributed by atoms with E-state index in [9.17, 15) is 17.6 Å². The number of amides is 1. The van der Waals surface area contributed by atoms with E-state index in [2.05, 4.69) is 14.9 Å². The molecule has 1 heterocycles. The molecule has 1 saturated heterocycles. The SMILES string of the molecule is Cc1ccc(S(=O)(=O)NCC2CCCN(C(C)C(=O)NCc3ccccc3F)C2)cc1. The topological polar surface area (TPSA) is 78.5 Å². The average Bonchev–Trinajstić information content (AvgIpc) is 2.77. The van der Waals surface area contributed by atoms with E-state index in [1.807, 2.05) is 13.8 Å². The summed E-state index contributed by atoms with van der Waals surface area (Å²) >= 11 is 0. The number of likely N-dealkylation sites (tertiary alicyclic amines) is 1. The summed E-state index contributed by atoms with van der Waals surface area (Å²) in [6.45, 7) is 5.61. The lowest BCUT2D eigenvalue weighted by Gasteiger charge is -2.36. The van der Waals surface area contributed by atoms with Crippen molar-refractivity contribution < 1.29 is 17.6 Å². The van der Waals surface area contributed by atoms with E-state index in [1.165, 1.54) is 6.07 Å². The minimum absolute atomic E-state index is 0.121. The first-order valence-electron chi connectivity index (χ1n) is 10.6. The molecular weight excluding hydrogens is 417 g/mol. The molecule has 31 heavy (non-hydrogen) atoms. The Labute approximate surface area is 183 Å². The number of piperidine rings is 1. The van der Waals surface area contributed by atoms with E-state index in [-0.39, 0.29) is 35.1 Å². The van der Waals surface area contributed by atoms with Crippen LogP contribution in [-0.2, 0) is 21.4 Å². The Kier molecular flexibility index (Phi) is 7.80. The van der Waals surface area contributed by atoms with Gasteiger partial charge in [-0.05, 0) is 57.4 Å². The lowest BCUT2D eigenvalue weighted by molar-refractivity contribution is -0.126. The van der Waals surface area contributed by atoms with Gasteiger partial charge in [0.15, 0.2) is 0 Å². The predicted molar refractivity (Wildman–Crippen MR) is 118 cm³/mol. The van der Waals surface area contributed by atoms with Crippen LogP contribution in [-0.4, -0.2) is 44.9 Å². The molecule has 2 unspecified atom stereocenters. The third-order valence-electron chi connectivity index (χ3n) is 5.78. The van der Waals surface area contributed by atoms with E-state index in [1.54, 1.807) is 42.5 Å². The Morgan fingerprint density at radius 2 is 1.90 bits per heavy atom. The molecule has 0 aliphatic carbocycles. The summed E-state index contributed by atoms with van der Waals surface area (Å²) in [6, 6.07) is 12.8. The molecule has 2 aromatic rings. The first-order valence-corrected chi connectivity index (χ1v) is 12.1. The van der Waals surface area contributed by atoms with E-state index >= 15 is 0 Å². The molecule has 2 atom stereocenters. The molecule has 8 heteroatoms. The summed E-state index contributed by atoms with van der Waals surface area (Å²) in [5.74, 6) is -0.380. The molecule has 0 spiro atoms. The Hall–Kier alpha value is -2.29. The van der Waals surface area contributed by atoms with Crippen molar-refractivity contribution in [3.8, 4) is 0 Å². The third-order valence-corrected chi connectivity index (χ3v) is 7.22. The molecule has 1 aliphatic heterocycles. The second-order valence-electron chi connectivity index (χ2n) is 8.15. The van der Waals surface area contributed by atoms with Gasteiger partial charge in [0.05, 0.1) is 10.9 Å². The Bertz CT molecular complexity index is 995. The van der Waals surface area contributed by atoms with Crippen LogP contribution in [0.2, 0.25) is 0 Å². The monoisotopic (exact) mass is 447 g/mol. The Morgan fingerprint density at radius 1 is 1.19 bits per heavy atom. The van der Waals surface area contributed by atoms with Gasteiger partial charge in [0.25, 0.3) is 0 Å². The van der Waals surface area contributed by atoms with Crippen molar-refractivity contribution in [2.45, 2.75) is 44.2 Å². The lowest BCUT2D eigenvalue weighted by atomic mass is 9.97. The number of carbonyl (C=O) groups is 1. The van der Waals surface area contributed by atoms with Gasteiger partial charge in [-0.25, -0.2) is 17.5 Å². The van der Waals surface area contributed by atoms with Crippen LogP contribution in [0.25, 0.3) is 0 Å². The molecule has 168 valence electrons. The van der Waals surface area contributed by atoms with Crippen molar-refractivity contribution in [2.24, 2.45) is 5.92 Å². The normalized spacial score (nSPS) is 18.5. The van der Waals surface area contributed by atoms with Crippen LogP contribution in [0, 0.1) is 18.7 Å². The average molecular weight is 448 g/mol. The van der Waals surface area contributed by atoms with Gasteiger partial charge in [-0.2, -0.15) is 0 Å². The summed E-state index contributed by atoms with van der Waals surface area (Å²) in [6.07, 6.45) is 1.79. The van der Waals surface area contributed by atoms with Gasteiger partial charge in [-0.3, -0.25) is 9.69 Å². The van der Waals surface area contributed by atoms with E-state index in [0.29, 0.717) is 18.7 Å². The predicted octanol–water partition coefficient (Wildman–Crippen LogP) is 2.83. The zero-order chi connectivity index (χ0) is 22.4. The maximum absolute atomic E-state index is 13.8. The van der Waals surface area contributed by atoms with Crippen molar-refractivity contribution in [2.75, 3.05) is 19.6 Å². The van der Waals surface area contributed by atoms with Crippen LogP contribution >= 0.6 is 0 Å².